The Morgan fingerprint density at radius 1 is 1.55 bits per heavy atom. The first kappa shape index (κ1) is 8.54. The Morgan fingerprint density at radius 3 is 2.55 bits per heavy atom. The predicted molar refractivity (Wildman–Crippen MR) is 49.3 cm³/mol. The van der Waals surface area contributed by atoms with Crippen LogP contribution in [0.4, 0.5) is 0 Å². The molecule has 0 unspecified atom stereocenters. The molecule has 1 atom stereocenters. The van der Waals surface area contributed by atoms with Crippen LogP contribution in [-0.2, 0) is 0 Å². The Bertz CT molecular complexity index is 211. The summed E-state index contributed by atoms with van der Waals surface area (Å²) in [5.41, 5.74) is 10.2. The lowest BCUT2D eigenvalue weighted by atomic mass is 10.0. The zero-order valence-electron chi connectivity index (χ0n) is 7.65. The number of allylic oxidation sites excluding steroid dienone is 3. The molecule has 0 fully saturated rings. The molecule has 0 saturated heterocycles. The summed E-state index contributed by atoms with van der Waals surface area (Å²) in [6.45, 7) is 6.47. The van der Waals surface area contributed by atoms with Crippen molar-refractivity contribution < 1.29 is 0 Å². The first-order valence-electron chi connectivity index (χ1n) is 4.27. The van der Waals surface area contributed by atoms with Gasteiger partial charge in [-0.1, -0.05) is 24.1 Å². The van der Waals surface area contributed by atoms with Crippen LogP contribution < -0.4 is 5.73 Å². The standard InChI is InChI=1S/C10H17N/c1-4-10(11)9-5-7(2)8(3)6-9/h5,10H,4,6,11H2,1-3H3/t10-/m1/s1. The molecule has 1 rings (SSSR count). The van der Waals surface area contributed by atoms with Crippen molar-refractivity contribution in [3.05, 3.63) is 22.8 Å². The quantitative estimate of drug-likeness (QED) is 0.644. The molecule has 0 radical (unpaired) electrons. The van der Waals surface area contributed by atoms with Gasteiger partial charge in [-0.2, -0.15) is 0 Å². The Labute approximate surface area is 69.0 Å². The van der Waals surface area contributed by atoms with E-state index in [1.165, 1.54) is 16.7 Å². The molecule has 0 saturated carbocycles. The highest BCUT2D eigenvalue weighted by atomic mass is 14.6. The van der Waals surface area contributed by atoms with E-state index in [1.807, 2.05) is 0 Å². The number of rotatable bonds is 2. The fraction of sp³-hybridized carbons (Fsp3) is 0.600. The molecule has 0 heterocycles. The van der Waals surface area contributed by atoms with Crippen LogP contribution in [0, 0.1) is 0 Å². The zero-order valence-corrected chi connectivity index (χ0v) is 7.65. The van der Waals surface area contributed by atoms with Gasteiger partial charge in [0.05, 0.1) is 0 Å². The van der Waals surface area contributed by atoms with Crippen molar-refractivity contribution >= 4 is 0 Å². The first-order valence-corrected chi connectivity index (χ1v) is 4.27. The Kier molecular flexibility index (Phi) is 2.50. The average Bonchev–Trinajstić information content (AvgIpc) is 2.31. The van der Waals surface area contributed by atoms with Crippen molar-refractivity contribution in [2.45, 2.75) is 39.7 Å². The van der Waals surface area contributed by atoms with Gasteiger partial charge in [0, 0.05) is 6.04 Å². The minimum absolute atomic E-state index is 0.280. The summed E-state index contributed by atoms with van der Waals surface area (Å²) < 4.78 is 0. The maximum absolute atomic E-state index is 5.91. The molecule has 62 valence electrons. The van der Waals surface area contributed by atoms with E-state index in [2.05, 4.69) is 26.8 Å². The zero-order chi connectivity index (χ0) is 8.43. The lowest BCUT2D eigenvalue weighted by Gasteiger charge is -2.09. The van der Waals surface area contributed by atoms with E-state index in [-0.39, 0.29) is 6.04 Å². The largest absolute Gasteiger partial charge is 0.324 e. The molecule has 0 spiro atoms. The molecule has 0 aromatic rings. The number of hydrogen-bond acceptors (Lipinski definition) is 1. The molecule has 0 aromatic carbocycles. The minimum atomic E-state index is 0.280. The van der Waals surface area contributed by atoms with Gasteiger partial charge in [-0.05, 0) is 32.3 Å². The molecule has 2 N–H and O–H groups in total. The fourth-order valence-electron chi connectivity index (χ4n) is 1.40. The maximum atomic E-state index is 5.91. The third-order valence-corrected chi connectivity index (χ3v) is 2.46. The van der Waals surface area contributed by atoms with Crippen molar-refractivity contribution in [1.82, 2.24) is 0 Å². The molecule has 0 bridgehead atoms. The number of hydrogen-bond donors (Lipinski definition) is 1. The van der Waals surface area contributed by atoms with Crippen LogP contribution in [0.3, 0.4) is 0 Å². The van der Waals surface area contributed by atoms with Crippen LogP contribution in [-0.4, -0.2) is 6.04 Å². The molecule has 11 heavy (non-hydrogen) atoms. The van der Waals surface area contributed by atoms with E-state index in [4.69, 9.17) is 5.73 Å². The minimum Gasteiger partial charge on any atom is -0.324 e. The molecule has 0 amide bonds. The predicted octanol–water partition coefficient (Wildman–Crippen LogP) is 2.39. The van der Waals surface area contributed by atoms with Crippen LogP contribution in [0.15, 0.2) is 22.8 Å². The second-order valence-electron chi connectivity index (χ2n) is 3.37. The third kappa shape index (κ3) is 1.72. The highest BCUT2D eigenvalue weighted by molar-refractivity contribution is 5.38. The summed E-state index contributed by atoms with van der Waals surface area (Å²) >= 11 is 0. The van der Waals surface area contributed by atoms with Crippen molar-refractivity contribution in [1.29, 1.82) is 0 Å². The molecule has 1 aliphatic carbocycles. The van der Waals surface area contributed by atoms with Gasteiger partial charge in [0.1, 0.15) is 0 Å². The summed E-state index contributed by atoms with van der Waals surface area (Å²) in [4.78, 5) is 0. The Morgan fingerprint density at radius 2 is 2.18 bits per heavy atom. The second kappa shape index (κ2) is 3.22. The molecular formula is C10H17N. The van der Waals surface area contributed by atoms with Crippen LogP contribution in [0.25, 0.3) is 0 Å². The summed E-state index contributed by atoms with van der Waals surface area (Å²) in [6, 6.07) is 0.280. The van der Waals surface area contributed by atoms with E-state index in [0.29, 0.717) is 0 Å². The average molecular weight is 151 g/mol. The van der Waals surface area contributed by atoms with E-state index in [9.17, 15) is 0 Å². The van der Waals surface area contributed by atoms with Crippen LogP contribution >= 0.6 is 0 Å². The van der Waals surface area contributed by atoms with Crippen molar-refractivity contribution in [3.8, 4) is 0 Å². The lowest BCUT2D eigenvalue weighted by Crippen LogP contribution is -2.20. The van der Waals surface area contributed by atoms with E-state index >= 15 is 0 Å². The van der Waals surface area contributed by atoms with Crippen LogP contribution in [0.2, 0.25) is 0 Å². The number of nitrogens with two attached hydrogens (primary N) is 1. The Balaban J connectivity index is 2.64. The second-order valence-corrected chi connectivity index (χ2v) is 3.37. The van der Waals surface area contributed by atoms with Crippen molar-refractivity contribution in [2.24, 2.45) is 5.73 Å². The van der Waals surface area contributed by atoms with E-state index in [0.717, 1.165) is 12.8 Å². The van der Waals surface area contributed by atoms with Gasteiger partial charge in [0.15, 0.2) is 0 Å². The van der Waals surface area contributed by atoms with Gasteiger partial charge in [-0.25, -0.2) is 0 Å². The first-order chi connectivity index (χ1) is 5.15. The van der Waals surface area contributed by atoms with E-state index in [1.54, 1.807) is 0 Å². The topological polar surface area (TPSA) is 26.0 Å². The summed E-state index contributed by atoms with van der Waals surface area (Å²) in [7, 11) is 0. The summed E-state index contributed by atoms with van der Waals surface area (Å²) in [5, 5.41) is 0. The summed E-state index contributed by atoms with van der Waals surface area (Å²) in [5.74, 6) is 0. The Hall–Kier alpha value is -0.560. The van der Waals surface area contributed by atoms with Gasteiger partial charge in [-0.3, -0.25) is 0 Å². The molecular weight excluding hydrogens is 134 g/mol. The molecule has 1 aliphatic rings. The lowest BCUT2D eigenvalue weighted by molar-refractivity contribution is 0.724. The SMILES string of the molecule is CC[C@@H](N)C1=CC(C)=C(C)C1. The normalized spacial score (nSPS) is 20.5. The fourth-order valence-corrected chi connectivity index (χ4v) is 1.40. The van der Waals surface area contributed by atoms with Gasteiger partial charge in [-0.15, -0.1) is 0 Å². The smallest absolute Gasteiger partial charge is 0.0257 e. The van der Waals surface area contributed by atoms with Crippen LogP contribution in [0.5, 0.6) is 0 Å². The van der Waals surface area contributed by atoms with Gasteiger partial charge in [0.25, 0.3) is 0 Å². The van der Waals surface area contributed by atoms with Gasteiger partial charge < -0.3 is 5.73 Å². The van der Waals surface area contributed by atoms with Crippen molar-refractivity contribution in [3.63, 3.8) is 0 Å². The monoisotopic (exact) mass is 151 g/mol. The molecule has 0 aromatic heterocycles. The maximum Gasteiger partial charge on any atom is 0.0257 e. The highest BCUT2D eigenvalue weighted by Gasteiger charge is 2.13. The summed E-state index contributed by atoms with van der Waals surface area (Å²) in [6.07, 6.45) is 4.39. The van der Waals surface area contributed by atoms with Crippen molar-refractivity contribution in [2.75, 3.05) is 0 Å². The molecule has 0 aliphatic heterocycles. The van der Waals surface area contributed by atoms with E-state index < -0.39 is 0 Å². The third-order valence-electron chi connectivity index (χ3n) is 2.46. The van der Waals surface area contributed by atoms with Gasteiger partial charge in [0.2, 0.25) is 0 Å². The van der Waals surface area contributed by atoms with Crippen LogP contribution in [0.1, 0.15) is 33.6 Å². The highest BCUT2D eigenvalue weighted by Crippen LogP contribution is 2.26. The molecule has 1 nitrogen and oxygen atoms in total. The van der Waals surface area contributed by atoms with Gasteiger partial charge >= 0.3 is 0 Å². The molecule has 1 heteroatoms.